The molecule has 1 atom stereocenters. The van der Waals surface area contributed by atoms with Crippen LogP contribution in [-0.4, -0.2) is 4.98 Å². The molecule has 2 aromatic heterocycles. The Balaban J connectivity index is 2.06. The first-order valence-corrected chi connectivity index (χ1v) is 6.88. The van der Waals surface area contributed by atoms with E-state index >= 15 is 0 Å². The van der Waals surface area contributed by atoms with Crippen LogP contribution in [0.1, 0.15) is 29.5 Å². The molecule has 0 fully saturated rings. The van der Waals surface area contributed by atoms with Gasteiger partial charge >= 0.3 is 0 Å². The van der Waals surface area contributed by atoms with Crippen molar-refractivity contribution in [3.8, 4) is 10.6 Å². The molecule has 0 bridgehead atoms. The summed E-state index contributed by atoms with van der Waals surface area (Å²) >= 11 is 3.53. The SMILES string of the molecule is NC1CCCc2sc(-c3ccsc3)nc21. The molecule has 0 aromatic carbocycles. The Labute approximate surface area is 96.8 Å². The molecule has 2 nitrogen and oxygen atoms in total. The van der Waals surface area contributed by atoms with E-state index in [1.165, 1.54) is 16.9 Å². The lowest BCUT2D eigenvalue weighted by molar-refractivity contribution is 0.564. The van der Waals surface area contributed by atoms with Crippen LogP contribution in [0.15, 0.2) is 16.8 Å². The average Bonchev–Trinajstić information content (AvgIpc) is 2.86. The second-order valence-electron chi connectivity index (χ2n) is 3.84. The summed E-state index contributed by atoms with van der Waals surface area (Å²) in [6.45, 7) is 0. The van der Waals surface area contributed by atoms with Crippen molar-refractivity contribution in [3.63, 3.8) is 0 Å². The van der Waals surface area contributed by atoms with E-state index in [9.17, 15) is 0 Å². The third-order valence-electron chi connectivity index (χ3n) is 2.77. The molecule has 2 aromatic rings. The molecule has 0 saturated heterocycles. The quantitative estimate of drug-likeness (QED) is 0.825. The van der Waals surface area contributed by atoms with Gasteiger partial charge in [-0.2, -0.15) is 11.3 Å². The van der Waals surface area contributed by atoms with Crippen molar-refractivity contribution >= 4 is 22.7 Å². The molecule has 1 aliphatic rings. The molecule has 15 heavy (non-hydrogen) atoms. The molecule has 4 heteroatoms. The van der Waals surface area contributed by atoms with Gasteiger partial charge in [0.1, 0.15) is 5.01 Å². The second kappa shape index (κ2) is 3.70. The first-order chi connectivity index (χ1) is 7.34. The maximum absolute atomic E-state index is 6.06. The molecule has 0 spiro atoms. The van der Waals surface area contributed by atoms with Crippen LogP contribution in [0.4, 0.5) is 0 Å². The molecule has 3 rings (SSSR count). The summed E-state index contributed by atoms with van der Waals surface area (Å²) in [4.78, 5) is 6.07. The average molecular weight is 236 g/mol. The number of thiophene rings is 1. The Bertz CT molecular complexity index is 459. The number of aromatic nitrogens is 1. The number of thiazole rings is 1. The van der Waals surface area contributed by atoms with E-state index in [4.69, 9.17) is 5.73 Å². The first-order valence-electron chi connectivity index (χ1n) is 5.12. The van der Waals surface area contributed by atoms with Gasteiger partial charge in [0.05, 0.1) is 5.69 Å². The lowest BCUT2D eigenvalue weighted by Gasteiger charge is -2.15. The summed E-state index contributed by atoms with van der Waals surface area (Å²) in [5, 5.41) is 5.38. The minimum Gasteiger partial charge on any atom is -0.323 e. The predicted octanol–water partition coefficient (Wildman–Crippen LogP) is 3.21. The highest BCUT2D eigenvalue weighted by Crippen LogP contribution is 2.36. The van der Waals surface area contributed by atoms with Gasteiger partial charge in [-0.15, -0.1) is 11.3 Å². The topological polar surface area (TPSA) is 38.9 Å². The fraction of sp³-hybridized carbons (Fsp3) is 0.364. The van der Waals surface area contributed by atoms with Gasteiger partial charge in [0.15, 0.2) is 0 Å². The first kappa shape index (κ1) is 9.51. The second-order valence-corrected chi connectivity index (χ2v) is 5.70. The van der Waals surface area contributed by atoms with Gasteiger partial charge in [-0.25, -0.2) is 4.98 Å². The third kappa shape index (κ3) is 1.62. The molecule has 2 N–H and O–H groups in total. The van der Waals surface area contributed by atoms with Gasteiger partial charge in [-0.05, 0) is 30.7 Å². The standard InChI is InChI=1S/C11H12N2S2/c12-8-2-1-3-9-10(8)13-11(15-9)7-4-5-14-6-7/h4-6,8H,1-3,12H2. The highest BCUT2D eigenvalue weighted by molar-refractivity contribution is 7.15. The summed E-state index contributed by atoms with van der Waals surface area (Å²) in [5.41, 5.74) is 8.45. The van der Waals surface area contributed by atoms with E-state index in [1.807, 2.05) is 11.3 Å². The summed E-state index contributed by atoms with van der Waals surface area (Å²) in [5.74, 6) is 0. The largest absolute Gasteiger partial charge is 0.323 e. The highest BCUT2D eigenvalue weighted by atomic mass is 32.1. The fourth-order valence-electron chi connectivity index (χ4n) is 1.96. The van der Waals surface area contributed by atoms with E-state index in [-0.39, 0.29) is 6.04 Å². The van der Waals surface area contributed by atoms with E-state index in [0.29, 0.717) is 0 Å². The normalized spacial score (nSPS) is 20.2. The van der Waals surface area contributed by atoms with Crippen LogP contribution in [0.2, 0.25) is 0 Å². The number of hydrogen-bond donors (Lipinski definition) is 1. The number of hydrogen-bond acceptors (Lipinski definition) is 4. The molecular weight excluding hydrogens is 224 g/mol. The molecule has 2 heterocycles. The van der Waals surface area contributed by atoms with Crippen LogP contribution in [-0.2, 0) is 6.42 Å². The van der Waals surface area contributed by atoms with Gasteiger partial charge in [0, 0.05) is 21.9 Å². The number of fused-ring (bicyclic) bond motifs is 1. The molecule has 0 amide bonds. The lowest BCUT2D eigenvalue weighted by atomic mass is 9.99. The van der Waals surface area contributed by atoms with Crippen LogP contribution in [0.25, 0.3) is 10.6 Å². The zero-order valence-corrected chi connectivity index (χ0v) is 9.90. The van der Waals surface area contributed by atoms with E-state index in [2.05, 4.69) is 21.8 Å². The summed E-state index contributed by atoms with van der Waals surface area (Å²) in [7, 11) is 0. The Morgan fingerprint density at radius 2 is 2.40 bits per heavy atom. The summed E-state index contributed by atoms with van der Waals surface area (Å²) < 4.78 is 0. The Morgan fingerprint density at radius 3 is 3.13 bits per heavy atom. The van der Waals surface area contributed by atoms with Crippen molar-refractivity contribution in [1.82, 2.24) is 4.98 Å². The molecule has 1 unspecified atom stereocenters. The molecule has 0 saturated carbocycles. The van der Waals surface area contributed by atoms with Crippen molar-refractivity contribution in [1.29, 1.82) is 0 Å². The fourth-order valence-corrected chi connectivity index (χ4v) is 3.85. The molecule has 78 valence electrons. The van der Waals surface area contributed by atoms with E-state index in [1.54, 1.807) is 11.3 Å². The van der Waals surface area contributed by atoms with Crippen molar-refractivity contribution in [2.75, 3.05) is 0 Å². The van der Waals surface area contributed by atoms with Crippen molar-refractivity contribution in [2.45, 2.75) is 25.3 Å². The number of aryl methyl sites for hydroxylation is 1. The summed E-state index contributed by atoms with van der Waals surface area (Å²) in [6.07, 6.45) is 3.45. The van der Waals surface area contributed by atoms with Gasteiger partial charge in [0.25, 0.3) is 0 Å². The van der Waals surface area contributed by atoms with Crippen molar-refractivity contribution in [2.24, 2.45) is 5.73 Å². The minimum atomic E-state index is 0.164. The van der Waals surface area contributed by atoms with Crippen LogP contribution >= 0.6 is 22.7 Å². The third-order valence-corrected chi connectivity index (χ3v) is 4.63. The molecule has 0 aliphatic heterocycles. The number of rotatable bonds is 1. The smallest absolute Gasteiger partial charge is 0.124 e. The maximum Gasteiger partial charge on any atom is 0.124 e. The molecular formula is C11H12N2S2. The zero-order chi connectivity index (χ0) is 10.3. The van der Waals surface area contributed by atoms with Crippen LogP contribution in [0.5, 0.6) is 0 Å². The molecule has 0 radical (unpaired) electrons. The Kier molecular flexibility index (Phi) is 2.35. The highest BCUT2D eigenvalue weighted by Gasteiger charge is 2.22. The van der Waals surface area contributed by atoms with E-state index in [0.717, 1.165) is 23.5 Å². The van der Waals surface area contributed by atoms with Gasteiger partial charge in [-0.3, -0.25) is 0 Å². The van der Waals surface area contributed by atoms with Gasteiger partial charge in [0.2, 0.25) is 0 Å². The number of nitrogens with zero attached hydrogens (tertiary/aromatic N) is 1. The number of nitrogens with two attached hydrogens (primary N) is 1. The molecule has 1 aliphatic carbocycles. The van der Waals surface area contributed by atoms with E-state index < -0.39 is 0 Å². The Morgan fingerprint density at radius 1 is 1.47 bits per heavy atom. The van der Waals surface area contributed by atoms with Crippen LogP contribution < -0.4 is 5.73 Å². The maximum atomic E-state index is 6.06. The Hall–Kier alpha value is -0.710. The minimum absolute atomic E-state index is 0.164. The van der Waals surface area contributed by atoms with Gasteiger partial charge < -0.3 is 5.73 Å². The summed E-state index contributed by atoms with van der Waals surface area (Å²) in [6, 6.07) is 2.29. The van der Waals surface area contributed by atoms with Crippen molar-refractivity contribution < 1.29 is 0 Å². The van der Waals surface area contributed by atoms with Crippen LogP contribution in [0.3, 0.4) is 0 Å². The van der Waals surface area contributed by atoms with Crippen molar-refractivity contribution in [3.05, 3.63) is 27.4 Å². The lowest BCUT2D eigenvalue weighted by Crippen LogP contribution is -2.16. The zero-order valence-electron chi connectivity index (χ0n) is 8.27. The monoisotopic (exact) mass is 236 g/mol. The van der Waals surface area contributed by atoms with Crippen LogP contribution in [0, 0.1) is 0 Å². The predicted molar refractivity (Wildman–Crippen MR) is 65.3 cm³/mol. The van der Waals surface area contributed by atoms with Gasteiger partial charge in [-0.1, -0.05) is 0 Å².